The first kappa shape index (κ1) is 30.0. The van der Waals surface area contributed by atoms with Gasteiger partial charge in [0.1, 0.15) is 21.8 Å². The number of anilines is 2. The second-order valence-electron chi connectivity index (χ2n) is 12.0. The quantitative estimate of drug-likeness (QED) is 0.431. The summed E-state index contributed by atoms with van der Waals surface area (Å²) in [7, 11) is -4.03. The highest BCUT2D eigenvalue weighted by Crippen LogP contribution is 2.41. The van der Waals surface area contributed by atoms with Crippen LogP contribution in [-0.2, 0) is 14.8 Å². The van der Waals surface area contributed by atoms with Gasteiger partial charge in [0, 0.05) is 36.6 Å². The third-order valence-corrected chi connectivity index (χ3v) is 12.2. The van der Waals surface area contributed by atoms with Crippen LogP contribution < -0.4 is 9.80 Å². The van der Waals surface area contributed by atoms with Gasteiger partial charge in [-0.25, -0.2) is 22.6 Å². The van der Waals surface area contributed by atoms with Gasteiger partial charge in [0.05, 0.1) is 18.3 Å². The van der Waals surface area contributed by atoms with Crippen molar-refractivity contribution in [2.45, 2.75) is 81.4 Å². The van der Waals surface area contributed by atoms with Crippen molar-refractivity contribution in [3.8, 4) is 0 Å². The monoisotopic (exact) mass is 628 g/mol. The van der Waals surface area contributed by atoms with Crippen LogP contribution in [0, 0.1) is 5.92 Å². The fourth-order valence-corrected chi connectivity index (χ4v) is 9.25. The Balaban J connectivity index is 1.32. The number of halogens is 1. The molecule has 1 unspecified atom stereocenters. The predicted molar refractivity (Wildman–Crippen MR) is 165 cm³/mol. The lowest BCUT2D eigenvalue weighted by Gasteiger charge is -2.44. The normalized spacial score (nSPS) is 25.8. The fraction of sp³-hybridized carbons (Fsp3) is 0.516. The van der Waals surface area contributed by atoms with Gasteiger partial charge in [-0.05, 0) is 68.4 Å². The van der Waals surface area contributed by atoms with E-state index in [1.54, 1.807) is 35.3 Å². The maximum Gasteiger partial charge on any atom is 0.348 e. The Hall–Kier alpha value is -3.09. The molecule has 2 aromatic heterocycles. The van der Waals surface area contributed by atoms with E-state index in [1.165, 1.54) is 16.6 Å². The molecular formula is C31H37FN4O5S2. The molecule has 0 radical (unpaired) electrons. The molecule has 0 bridgehead atoms. The highest BCUT2D eigenvalue weighted by molar-refractivity contribution is 7.89. The zero-order valence-electron chi connectivity index (χ0n) is 24.2. The summed E-state index contributed by atoms with van der Waals surface area (Å²) in [5.41, 5.74) is 1.00. The molecule has 4 aliphatic rings. The third-order valence-electron chi connectivity index (χ3n) is 9.20. The number of thiophene rings is 1. The lowest BCUT2D eigenvalue weighted by Crippen LogP contribution is -2.60. The molecule has 3 atom stereocenters. The van der Waals surface area contributed by atoms with Gasteiger partial charge in [-0.3, -0.25) is 4.79 Å². The average molecular weight is 629 g/mol. The number of pyridine rings is 1. The van der Waals surface area contributed by atoms with Crippen LogP contribution in [0.4, 0.5) is 15.9 Å². The number of nitrogens with zero attached hydrogens (tertiary/aromatic N) is 4. The van der Waals surface area contributed by atoms with Crippen molar-refractivity contribution in [3.05, 3.63) is 52.4 Å². The molecule has 3 fully saturated rings. The van der Waals surface area contributed by atoms with Crippen LogP contribution in [0.3, 0.4) is 0 Å². The zero-order chi connectivity index (χ0) is 30.3. The minimum Gasteiger partial charge on any atom is -0.477 e. The van der Waals surface area contributed by atoms with Crippen molar-refractivity contribution in [2.75, 3.05) is 29.4 Å². The number of aromatic nitrogens is 1. The first-order valence-corrected chi connectivity index (χ1v) is 17.3. The third kappa shape index (κ3) is 5.88. The summed E-state index contributed by atoms with van der Waals surface area (Å²) in [6, 6.07) is 4.83. The van der Waals surface area contributed by atoms with Gasteiger partial charge in [-0.15, -0.1) is 11.3 Å². The van der Waals surface area contributed by atoms with E-state index >= 15 is 0 Å². The summed E-state index contributed by atoms with van der Waals surface area (Å²) in [4.78, 5) is 35.2. The Kier molecular flexibility index (Phi) is 8.45. The van der Waals surface area contributed by atoms with Gasteiger partial charge < -0.3 is 14.9 Å². The van der Waals surface area contributed by atoms with E-state index in [9.17, 15) is 27.5 Å². The molecule has 230 valence electrons. The molecule has 2 saturated heterocycles. The van der Waals surface area contributed by atoms with Crippen LogP contribution in [-0.4, -0.2) is 72.6 Å². The van der Waals surface area contributed by atoms with E-state index in [0.29, 0.717) is 10.9 Å². The summed E-state index contributed by atoms with van der Waals surface area (Å²) in [5, 5.41) is 10.1. The van der Waals surface area contributed by atoms with Gasteiger partial charge in [-0.1, -0.05) is 31.4 Å². The van der Waals surface area contributed by atoms with E-state index in [1.807, 2.05) is 0 Å². The second-order valence-corrected chi connectivity index (χ2v) is 15.0. The number of carbonyl (C=O) groups excluding carboxylic acids is 1. The van der Waals surface area contributed by atoms with Crippen molar-refractivity contribution in [1.82, 2.24) is 9.29 Å². The largest absolute Gasteiger partial charge is 0.477 e. The van der Waals surface area contributed by atoms with E-state index in [4.69, 9.17) is 0 Å². The second kappa shape index (κ2) is 12.1. The molecule has 1 amide bonds. The van der Waals surface area contributed by atoms with Crippen LogP contribution in [0.1, 0.15) is 72.8 Å². The van der Waals surface area contributed by atoms with Crippen molar-refractivity contribution in [1.29, 1.82) is 0 Å². The number of alkyl halides is 1. The van der Waals surface area contributed by atoms with Crippen LogP contribution in [0.5, 0.6) is 0 Å². The zero-order valence-corrected chi connectivity index (χ0v) is 25.8. The number of allylic oxidation sites excluding steroid dienone is 4. The number of aromatic carboxylic acids is 1. The summed E-state index contributed by atoms with van der Waals surface area (Å²) >= 11 is 1.06. The summed E-state index contributed by atoms with van der Waals surface area (Å²) in [6.45, 7) is 2.68. The van der Waals surface area contributed by atoms with Crippen LogP contribution in [0.25, 0.3) is 5.57 Å². The molecular weight excluding hydrogens is 591 g/mol. The van der Waals surface area contributed by atoms with Crippen molar-refractivity contribution < 1.29 is 27.5 Å². The van der Waals surface area contributed by atoms with Gasteiger partial charge in [0.25, 0.3) is 0 Å². The Morgan fingerprint density at radius 1 is 1.14 bits per heavy atom. The van der Waals surface area contributed by atoms with Gasteiger partial charge >= 0.3 is 5.97 Å². The molecule has 2 aliphatic carbocycles. The molecule has 2 aliphatic heterocycles. The first-order valence-electron chi connectivity index (χ1n) is 15.1. The van der Waals surface area contributed by atoms with Crippen molar-refractivity contribution >= 4 is 50.3 Å². The summed E-state index contributed by atoms with van der Waals surface area (Å²) in [5.74, 6) is -0.841. The lowest BCUT2D eigenvalue weighted by atomic mass is 9.82. The minimum atomic E-state index is -4.03. The summed E-state index contributed by atoms with van der Waals surface area (Å²) in [6.07, 6.45) is 12.1. The van der Waals surface area contributed by atoms with E-state index < -0.39 is 40.7 Å². The average Bonchev–Trinajstić information content (AvgIpc) is 3.64. The standard InChI is InChI=1S/C31H37FN4O5S2/c1-20-6-5-15-35(20)28-14-13-24(17-33-28)43(40,41)34-18-26(21-7-3-2-4-8-21)36(29(37)19-34)25-16-27(42-30(25)31(38)39)22-9-11-23(32)12-10-22/h9-11,13-14,16-17,20-21,23,26H,2-8,12,15,18-19H2,1H3,(H,38,39)/t20-,23?,26+/m1/s1. The number of sulfonamides is 1. The van der Waals surface area contributed by atoms with Crippen LogP contribution in [0.2, 0.25) is 0 Å². The molecule has 0 aromatic carbocycles. The molecule has 12 heteroatoms. The molecule has 1 saturated carbocycles. The van der Waals surface area contributed by atoms with Crippen molar-refractivity contribution in [2.24, 2.45) is 5.92 Å². The smallest absolute Gasteiger partial charge is 0.348 e. The molecule has 9 nitrogen and oxygen atoms in total. The van der Waals surface area contributed by atoms with E-state index in [-0.39, 0.29) is 34.3 Å². The Labute approximate surface area is 255 Å². The molecule has 4 heterocycles. The maximum atomic E-state index is 13.9. The fourth-order valence-electron chi connectivity index (χ4n) is 6.89. The highest BCUT2D eigenvalue weighted by Gasteiger charge is 2.44. The Morgan fingerprint density at radius 3 is 2.56 bits per heavy atom. The number of carboxylic acids is 1. The maximum absolute atomic E-state index is 13.9. The van der Waals surface area contributed by atoms with E-state index in [2.05, 4.69) is 16.8 Å². The van der Waals surface area contributed by atoms with Crippen LogP contribution >= 0.6 is 11.3 Å². The predicted octanol–water partition coefficient (Wildman–Crippen LogP) is 5.50. The van der Waals surface area contributed by atoms with E-state index in [0.717, 1.165) is 74.2 Å². The molecule has 6 rings (SSSR count). The lowest BCUT2D eigenvalue weighted by molar-refractivity contribution is -0.121. The molecule has 0 spiro atoms. The number of rotatable bonds is 7. The number of carboxylic acid groups (broad SMARTS) is 1. The number of hydrogen-bond donors (Lipinski definition) is 1. The Morgan fingerprint density at radius 2 is 1.93 bits per heavy atom. The number of hydrogen-bond acceptors (Lipinski definition) is 7. The number of amides is 1. The Bertz CT molecular complexity index is 1550. The minimum absolute atomic E-state index is 0.0214. The molecule has 2 aromatic rings. The number of piperazine rings is 1. The topological polar surface area (TPSA) is 111 Å². The first-order chi connectivity index (χ1) is 20.6. The highest BCUT2D eigenvalue weighted by atomic mass is 32.2. The van der Waals surface area contributed by atoms with Crippen LogP contribution in [0.15, 0.2) is 47.5 Å². The van der Waals surface area contributed by atoms with Gasteiger partial charge in [0.2, 0.25) is 15.9 Å². The summed E-state index contributed by atoms with van der Waals surface area (Å²) < 4.78 is 42.7. The van der Waals surface area contributed by atoms with Gasteiger partial charge in [0.15, 0.2) is 0 Å². The molecule has 43 heavy (non-hydrogen) atoms. The van der Waals surface area contributed by atoms with Gasteiger partial charge in [-0.2, -0.15) is 4.31 Å². The number of carbonyl (C=O) groups is 2. The molecule has 1 N–H and O–H groups in total. The SMILES string of the molecule is C[C@@H]1CCCN1c1ccc(S(=O)(=O)N2CC(=O)N(c3cc(C4=CCC(F)C=C4)sc3C(=O)O)[C@H](C3CCCCC3)C2)cn1. The van der Waals surface area contributed by atoms with Crippen molar-refractivity contribution in [3.63, 3.8) is 0 Å².